The first kappa shape index (κ1) is 17.1. The fraction of sp³-hybridized carbons (Fsp3) is 0.316. The van der Waals surface area contributed by atoms with Crippen molar-refractivity contribution in [3.05, 3.63) is 41.7 Å². The summed E-state index contributed by atoms with van der Waals surface area (Å²) in [5.41, 5.74) is 1.92. The molecular formula is C19H19N4O4+. The highest BCUT2D eigenvalue weighted by atomic mass is 16.5. The first-order chi connectivity index (χ1) is 13.0. The molecule has 27 heavy (non-hydrogen) atoms. The van der Waals surface area contributed by atoms with Gasteiger partial charge in [-0.2, -0.15) is 9.48 Å². The summed E-state index contributed by atoms with van der Waals surface area (Å²) in [6.45, 7) is 0.222. The monoisotopic (exact) mass is 367 g/mol. The molecule has 0 aromatic heterocycles. The first-order valence-corrected chi connectivity index (χ1v) is 8.65. The normalized spacial score (nSPS) is 21.3. The molecule has 4 rings (SSSR count). The van der Waals surface area contributed by atoms with Crippen molar-refractivity contribution < 1.29 is 23.7 Å². The molecule has 0 saturated carbocycles. The van der Waals surface area contributed by atoms with Crippen LogP contribution in [0.15, 0.2) is 41.1 Å². The van der Waals surface area contributed by atoms with Crippen LogP contribution < -0.4 is 4.90 Å². The topological polar surface area (TPSA) is 82.3 Å². The summed E-state index contributed by atoms with van der Waals surface area (Å²) in [5, 5.41) is 0. The second kappa shape index (κ2) is 6.46. The van der Waals surface area contributed by atoms with Crippen LogP contribution in [0.2, 0.25) is 0 Å². The van der Waals surface area contributed by atoms with E-state index < -0.39 is 17.9 Å². The van der Waals surface area contributed by atoms with Gasteiger partial charge in [0.1, 0.15) is 12.0 Å². The van der Waals surface area contributed by atoms with E-state index in [0.29, 0.717) is 18.1 Å². The Morgan fingerprint density at radius 1 is 1.33 bits per heavy atom. The predicted molar refractivity (Wildman–Crippen MR) is 97.9 cm³/mol. The third kappa shape index (κ3) is 2.64. The number of allylic oxidation sites excluding steroid dienone is 1. The molecule has 0 fully saturated rings. The first-order valence-electron chi connectivity index (χ1n) is 8.65. The number of carbonyl (C=O) groups is 3. The van der Waals surface area contributed by atoms with Crippen molar-refractivity contribution in [3.63, 3.8) is 0 Å². The molecule has 0 bridgehead atoms. The smallest absolute Gasteiger partial charge is 0.446 e. The van der Waals surface area contributed by atoms with Gasteiger partial charge >= 0.3 is 11.9 Å². The number of rotatable bonds is 3. The molecule has 1 aromatic rings. The molecule has 0 radical (unpaired) electrons. The number of amides is 4. The molecule has 0 N–H and O–H groups in total. The standard InChI is InChI=1S/C19H19N4O4/c1-21-17-16(14(27-2)7-9-20-17)18(25)23(19(21)26)11-15(24)22-10-8-12-5-3-4-6-13(12)22/h3-7,9,16H,8,10-11H2,1-2H3/q+1. The lowest BCUT2D eigenvalue weighted by Gasteiger charge is -2.28. The predicted octanol–water partition coefficient (Wildman–Crippen LogP) is 0.810. The van der Waals surface area contributed by atoms with E-state index in [1.165, 1.54) is 24.9 Å². The summed E-state index contributed by atoms with van der Waals surface area (Å²) in [6.07, 6.45) is 3.84. The van der Waals surface area contributed by atoms with Crippen molar-refractivity contribution in [2.45, 2.75) is 6.42 Å². The van der Waals surface area contributed by atoms with Crippen molar-refractivity contribution in [2.24, 2.45) is 10.9 Å². The van der Waals surface area contributed by atoms with E-state index in [2.05, 4.69) is 4.99 Å². The van der Waals surface area contributed by atoms with Crippen molar-refractivity contribution in [3.8, 4) is 0 Å². The largest absolute Gasteiger partial charge is 0.499 e. The molecule has 138 valence electrons. The van der Waals surface area contributed by atoms with E-state index >= 15 is 0 Å². The lowest BCUT2D eigenvalue weighted by Crippen LogP contribution is -2.57. The number of methoxy groups -OCH3 is 1. The van der Waals surface area contributed by atoms with Crippen LogP contribution in [0.4, 0.5) is 10.5 Å². The summed E-state index contributed by atoms with van der Waals surface area (Å²) in [5.74, 6) is -0.908. The van der Waals surface area contributed by atoms with Crippen LogP contribution >= 0.6 is 0 Å². The quantitative estimate of drug-likeness (QED) is 0.741. The number of para-hydroxylation sites is 1. The number of ether oxygens (including phenoxy) is 1. The second-order valence-electron chi connectivity index (χ2n) is 6.53. The van der Waals surface area contributed by atoms with Crippen molar-refractivity contribution in [1.29, 1.82) is 0 Å². The zero-order valence-corrected chi connectivity index (χ0v) is 15.1. The Balaban J connectivity index is 1.61. The van der Waals surface area contributed by atoms with Crippen molar-refractivity contribution in [2.75, 3.05) is 32.1 Å². The van der Waals surface area contributed by atoms with E-state index in [0.717, 1.165) is 22.6 Å². The van der Waals surface area contributed by atoms with Gasteiger partial charge in [0.25, 0.3) is 11.7 Å². The number of anilines is 1. The third-order valence-corrected chi connectivity index (χ3v) is 5.08. The van der Waals surface area contributed by atoms with E-state index in [4.69, 9.17) is 4.74 Å². The number of benzene rings is 1. The summed E-state index contributed by atoms with van der Waals surface area (Å²) in [7, 11) is 3.00. The number of urea groups is 1. The molecule has 3 aliphatic rings. The maximum Gasteiger partial charge on any atom is 0.446 e. The van der Waals surface area contributed by atoms with Crippen LogP contribution in [0.5, 0.6) is 0 Å². The number of amidine groups is 1. The molecule has 3 heterocycles. The highest BCUT2D eigenvalue weighted by molar-refractivity contribution is 6.16. The molecule has 0 spiro atoms. The Labute approximate surface area is 156 Å². The van der Waals surface area contributed by atoms with Gasteiger partial charge in [-0.15, -0.1) is 4.99 Å². The summed E-state index contributed by atoms with van der Waals surface area (Å²) >= 11 is 0. The van der Waals surface area contributed by atoms with Gasteiger partial charge in [0.15, 0.2) is 12.5 Å². The highest BCUT2D eigenvalue weighted by Gasteiger charge is 2.50. The minimum absolute atomic E-state index is 0.291. The van der Waals surface area contributed by atoms with Gasteiger partial charge in [0, 0.05) is 18.3 Å². The number of hydrogen-bond donors (Lipinski definition) is 0. The third-order valence-electron chi connectivity index (χ3n) is 5.08. The van der Waals surface area contributed by atoms with E-state index in [-0.39, 0.29) is 12.5 Å². The lowest BCUT2D eigenvalue weighted by atomic mass is 9.99. The molecule has 3 aliphatic heterocycles. The number of imide groups is 1. The summed E-state index contributed by atoms with van der Waals surface area (Å²) in [4.78, 5) is 45.3. The van der Waals surface area contributed by atoms with Crippen LogP contribution in [0.1, 0.15) is 5.56 Å². The fourth-order valence-electron chi connectivity index (χ4n) is 3.68. The Morgan fingerprint density at radius 2 is 2.11 bits per heavy atom. The minimum Gasteiger partial charge on any atom is -0.499 e. The molecular weight excluding hydrogens is 348 g/mol. The van der Waals surface area contributed by atoms with Gasteiger partial charge in [-0.25, -0.2) is 4.79 Å². The Kier molecular flexibility index (Phi) is 4.10. The summed E-state index contributed by atoms with van der Waals surface area (Å²) < 4.78 is 6.57. The van der Waals surface area contributed by atoms with Gasteiger partial charge in [0.05, 0.1) is 14.2 Å². The van der Waals surface area contributed by atoms with Crippen LogP contribution in [0, 0.1) is 5.92 Å². The van der Waals surface area contributed by atoms with Crippen LogP contribution in [0.3, 0.4) is 0 Å². The van der Waals surface area contributed by atoms with Gasteiger partial charge in [0.2, 0.25) is 0 Å². The van der Waals surface area contributed by atoms with Crippen molar-refractivity contribution in [1.82, 2.24) is 4.90 Å². The van der Waals surface area contributed by atoms with Gasteiger partial charge in [-0.05, 0) is 18.1 Å². The maximum absolute atomic E-state index is 13.0. The molecule has 8 heteroatoms. The van der Waals surface area contributed by atoms with Gasteiger partial charge in [-0.3, -0.25) is 9.59 Å². The summed E-state index contributed by atoms with van der Waals surface area (Å²) in [6, 6.07) is 7.08. The lowest BCUT2D eigenvalue weighted by molar-refractivity contribution is -0.408. The molecule has 1 atom stereocenters. The molecule has 1 unspecified atom stereocenters. The molecule has 0 saturated heterocycles. The van der Waals surface area contributed by atoms with Crippen LogP contribution in [-0.4, -0.2) is 66.6 Å². The van der Waals surface area contributed by atoms with Crippen LogP contribution in [-0.2, 0) is 20.7 Å². The molecule has 4 amide bonds. The number of fused-ring (bicyclic) bond motifs is 2. The zero-order chi connectivity index (χ0) is 19.1. The Hall–Kier alpha value is -3.29. The SMILES string of the molecule is COC1=CC=NC2=[N+](C)C(=O)N(CC(=O)N3CCc4ccccc43)C(=O)C12. The highest BCUT2D eigenvalue weighted by Crippen LogP contribution is 2.29. The maximum atomic E-state index is 13.0. The minimum atomic E-state index is -0.818. The van der Waals surface area contributed by atoms with Crippen molar-refractivity contribution >= 4 is 35.6 Å². The number of aliphatic imine (C=N–C) groups is 1. The Bertz CT molecular complexity index is 947. The number of hydrogen-bond acceptors (Lipinski definition) is 5. The molecule has 8 nitrogen and oxygen atoms in total. The molecule has 1 aromatic carbocycles. The second-order valence-corrected chi connectivity index (χ2v) is 6.53. The average molecular weight is 367 g/mol. The van der Waals surface area contributed by atoms with E-state index in [1.54, 1.807) is 11.0 Å². The van der Waals surface area contributed by atoms with Crippen LogP contribution in [0.25, 0.3) is 0 Å². The number of nitrogens with zero attached hydrogens (tertiary/aromatic N) is 4. The Morgan fingerprint density at radius 3 is 2.89 bits per heavy atom. The number of carbonyl (C=O) groups excluding carboxylic acids is 3. The average Bonchev–Trinajstić information content (AvgIpc) is 3.13. The van der Waals surface area contributed by atoms with Gasteiger partial charge < -0.3 is 9.64 Å². The zero-order valence-electron chi connectivity index (χ0n) is 15.1. The fourth-order valence-corrected chi connectivity index (χ4v) is 3.68. The molecule has 0 aliphatic carbocycles. The van der Waals surface area contributed by atoms with Gasteiger partial charge in [-0.1, -0.05) is 18.2 Å². The van der Waals surface area contributed by atoms with E-state index in [9.17, 15) is 14.4 Å². The van der Waals surface area contributed by atoms with E-state index in [1.807, 2.05) is 24.3 Å². The number of dihydropyridines is 1.